The van der Waals surface area contributed by atoms with Crippen molar-refractivity contribution >= 4 is 18.0 Å². The largest absolute Gasteiger partial charge is 0.480 e. The lowest BCUT2D eigenvalue weighted by atomic mass is 10.1. The molecule has 6 nitrogen and oxygen atoms in total. The third-order valence-corrected chi connectivity index (χ3v) is 1.60. The highest BCUT2D eigenvalue weighted by molar-refractivity contribution is 5.81. The van der Waals surface area contributed by atoms with E-state index in [0.29, 0.717) is 6.29 Å². The summed E-state index contributed by atoms with van der Waals surface area (Å²) in [6, 6.07) is -0.995. The number of hydrogen-bond donors (Lipinski definition) is 3. The highest BCUT2D eigenvalue weighted by Crippen LogP contribution is 1.95. The van der Waals surface area contributed by atoms with E-state index in [9.17, 15) is 14.4 Å². The van der Waals surface area contributed by atoms with Gasteiger partial charge in [-0.25, -0.2) is 0 Å². The van der Waals surface area contributed by atoms with Gasteiger partial charge in [0.15, 0.2) is 0 Å². The molecule has 0 aliphatic rings. The highest BCUT2D eigenvalue weighted by atomic mass is 16.4. The Labute approximate surface area is 81.5 Å². The Hall–Kier alpha value is -1.27. The zero-order chi connectivity index (χ0) is 11.0. The van der Waals surface area contributed by atoms with Crippen molar-refractivity contribution in [3.8, 4) is 0 Å². The molecule has 1 unspecified atom stereocenters. The van der Waals surface area contributed by atoms with Gasteiger partial charge in [-0.1, -0.05) is 0 Å². The van der Waals surface area contributed by atoms with Gasteiger partial charge in [0, 0.05) is 6.42 Å². The summed E-state index contributed by atoms with van der Waals surface area (Å²) in [6.07, 6.45) is 0.881. The summed E-state index contributed by atoms with van der Waals surface area (Å²) in [5, 5.41) is 11.0. The minimum atomic E-state index is -1.11. The third-order valence-electron chi connectivity index (χ3n) is 1.60. The van der Waals surface area contributed by atoms with Crippen LogP contribution in [-0.2, 0) is 14.4 Å². The van der Waals surface area contributed by atoms with Gasteiger partial charge in [0.1, 0.15) is 18.1 Å². The molecule has 0 aromatic rings. The Bertz CT molecular complexity index is 217. The van der Waals surface area contributed by atoms with E-state index in [1.807, 2.05) is 0 Å². The number of aliphatic carboxylic acids is 1. The maximum absolute atomic E-state index is 11.0. The van der Waals surface area contributed by atoms with Crippen LogP contribution < -0.4 is 11.1 Å². The standard InChI is InChI=1S/C8H14N2O4/c9-7(8(13)14)2-1-6(12)5-10-3-4-11/h4,7,10H,1-3,5,9H2,(H,13,14). The first-order chi connectivity index (χ1) is 6.57. The average Bonchev–Trinajstić information content (AvgIpc) is 2.14. The number of carboxylic acid groups (broad SMARTS) is 1. The fourth-order valence-corrected chi connectivity index (χ4v) is 0.799. The number of hydrogen-bond acceptors (Lipinski definition) is 5. The van der Waals surface area contributed by atoms with Crippen LogP contribution in [0.15, 0.2) is 0 Å². The summed E-state index contributed by atoms with van der Waals surface area (Å²) in [7, 11) is 0. The van der Waals surface area contributed by atoms with Gasteiger partial charge < -0.3 is 21.0 Å². The van der Waals surface area contributed by atoms with Crippen molar-refractivity contribution in [2.75, 3.05) is 13.1 Å². The number of rotatable bonds is 8. The van der Waals surface area contributed by atoms with E-state index >= 15 is 0 Å². The summed E-state index contributed by atoms with van der Waals surface area (Å²) in [4.78, 5) is 31.2. The molecule has 0 fully saturated rings. The predicted octanol–water partition coefficient (Wildman–Crippen LogP) is -1.46. The lowest BCUT2D eigenvalue weighted by Crippen LogP contribution is -2.32. The first-order valence-electron chi connectivity index (χ1n) is 4.22. The number of nitrogens with one attached hydrogen (secondary N) is 1. The second kappa shape index (κ2) is 7.16. The first-order valence-corrected chi connectivity index (χ1v) is 4.22. The molecule has 6 heteroatoms. The lowest BCUT2D eigenvalue weighted by molar-refractivity contribution is -0.138. The molecule has 0 saturated carbocycles. The van der Waals surface area contributed by atoms with Gasteiger partial charge in [-0.05, 0) is 6.42 Å². The summed E-state index contributed by atoms with van der Waals surface area (Å²) in [5.74, 6) is -1.26. The number of aldehydes is 1. The second-order valence-electron chi connectivity index (χ2n) is 2.82. The summed E-state index contributed by atoms with van der Waals surface area (Å²) in [5.41, 5.74) is 5.19. The van der Waals surface area contributed by atoms with Crippen molar-refractivity contribution in [1.29, 1.82) is 0 Å². The van der Waals surface area contributed by atoms with Crippen molar-refractivity contribution in [2.24, 2.45) is 5.73 Å². The predicted molar refractivity (Wildman–Crippen MR) is 48.8 cm³/mol. The van der Waals surface area contributed by atoms with Crippen LogP contribution in [0.25, 0.3) is 0 Å². The Morgan fingerprint density at radius 3 is 2.64 bits per heavy atom. The molecule has 4 N–H and O–H groups in total. The van der Waals surface area contributed by atoms with E-state index in [4.69, 9.17) is 10.8 Å². The number of carbonyl (C=O) groups is 3. The molecular weight excluding hydrogens is 188 g/mol. The number of nitrogens with two attached hydrogens (primary N) is 1. The fraction of sp³-hybridized carbons (Fsp3) is 0.625. The fourth-order valence-electron chi connectivity index (χ4n) is 0.799. The zero-order valence-electron chi connectivity index (χ0n) is 7.73. The molecule has 0 aromatic carbocycles. The van der Waals surface area contributed by atoms with Gasteiger partial charge in [-0.2, -0.15) is 0 Å². The number of ketones is 1. The van der Waals surface area contributed by atoms with E-state index < -0.39 is 12.0 Å². The Balaban J connectivity index is 3.53. The molecule has 0 amide bonds. The quantitative estimate of drug-likeness (QED) is 0.327. The third kappa shape index (κ3) is 6.27. The molecule has 0 saturated heterocycles. The molecule has 14 heavy (non-hydrogen) atoms. The van der Waals surface area contributed by atoms with Crippen molar-refractivity contribution in [3.63, 3.8) is 0 Å². The smallest absolute Gasteiger partial charge is 0.320 e. The normalized spacial score (nSPS) is 12.1. The molecule has 80 valence electrons. The van der Waals surface area contributed by atoms with Gasteiger partial charge in [0.2, 0.25) is 0 Å². The maximum atomic E-state index is 11.0. The average molecular weight is 202 g/mol. The van der Waals surface area contributed by atoms with Crippen LogP contribution in [0.5, 0.6) is 0 Å². The summed E-state index contributed by atoms with van der Waals surface area (Å²) < 4.78 is 0. The Morgan fingerprint density at radius 2 is 2.14 bits per heavy atom. The molecule has 0 rings (SSSR count). The zero-order valence-corrected chi connectivity index (χ0v) is 7.73. The van der Waals surface area contributed by atoms with Crippen LogP contribution in [0.4, 0.5) is 0 Å². The number of carbonyl (C=O) groups excluding carboxylic acids is 2. The molecule has 0 aliphatic carbocycles. The number of carboxylic acids is 1. The maximum Gasteiger partial charge on any atom is 0.320 e. The minimum absolute atomic E-state index is 0.0745. The highest BCUT2D eigenvalue weighted by Gasteiger charge is 2.12. The van der Waals surface area contributed by atoms with E-state index in [2.05, 4.69) is 5.32 Å². The topological polar surface area (TPSA) is 109 Å². The van der Waals surface area contributed by atoms with E-state index in [1.165, 1.54) is 0 Å². The van der Waals surface area contributed by atoms with Gasteiger partial charge in [0.05, 0.1) is 13.1 Å². The minimum Gasteiger partial charge on any atom is -0.480 e. The van der Waals surface area contributed by atoms with Crippen LogP contribution >= 0.6 is 0 Å². The molecular formula is C8H14N2O4. The van der Waals surface area contributed by atoms with Crippen molar-refractivity contribution in [3.05, 3.63) is 0 Å². The van der Waals surface area contributed by atoms with Gasteiger partial charge in [-0.3, -0.25) is 9.59 Å². The molecule has 0 radical (unpaired) electrons. The van der Waals surface area contributed by atoms with Crippen LogP contribution in [0, 0.1) is 0 Å². The summed E-state index contributed by atoms with van der Waals surface area (Å²) in [6.45, 7) is 0.196. The summed E-state index contributed by atoms with van der Waals surface area (Å²) >= 11 is 0. The Morgan fingerprint density at radius 1 is 1.50 bits per heavy atom. The van der Waals surface area contributed by atoms with Crippen LogP contribution in [-0.4, -0.2) is 42.3 Å². The molecule has 0 spiro atoms. The van der Waals surface area contributed by atoms with Crippen molar-refractivity contribution in [1.82, 2.24) is 5.32 Å². The molecule has 0 heterocycles. The van der Waals surface area contributed by atoms with Crippen LogP contribution in [0.1, 0.15) is 12.8 Å². The molecule has 0 bridgehead atoms. The first kappa shape index (κ1) is 12.7. The van der Waals surface area contributed by atoms with Gasteiger partial charge in [-0.15, -0.1) is 0 Å². The lowest BCUT2D eigenvalue weighted by Gasteiger charge is -2.05. The molecule has 1 atom stereocenters. The van der Waals surface area contributed by atoms with Crippen LogP contribution in [0.2, 0.25) is 0 Å². The number of Topliss-reactive ketones (excluding diaryl/α,β-unsaturated/α-hetero) is 1. The van der Waals surface area contributed by atoms with E-state index in [1.54, 1.807) is 0 Å². The van der Waals surface area contributed by atoms with Crippen molar-refractivity contribution < 1.29 is 19.5 Å². The van der Waals surface area contributed by atoms with Gasteiger partial charge >= 0.3 is 5.97 Å². The second-order valence-corrected chi connectivity index (χ2v) is 2.82. The molecule has 0 aromatic heterocycles. The van der Waals surface area contributed by atoms with Crippen LogP contribution in [0.3, 0.4) is 0 Å². The SMILES string of the molecule is NC(CCC(=O)CNCC=O)C(=O)O. The van der Waals surface area contributed by atoms with E-state index in [-0.39, 0.29) is 31.7 Å². The van der Waals surface area contributed by atoms with Gasteiger partial charge in [0.25, 0.3) is 0 Å². The Kier molecular flexibility index (Phi) is 6.51. The van der Waals surface area contributed by atoms with E-state index in [0.717, 1.165) is 0 Å². The monoisotopic (exact) mass is 202 g/mol. The van der Waals surface area contributed by atoms with Crippen molar-refractivity contribution in [2.45, 2.75) is 18.9 Å². The molecule has 0 aliphatic heterocycles.